The molecule has 0 aliphatic carbocycles. The van der Waals surface area contributed by atoms with Crippen LogP contribution >= 0.6 is 0 Å². The molecule has 1 aliphatic rings. The molecule has 82 valence electrons. The standard InChI is InChI=1S/C9H18NO2S.U/c1-8(2)9(4-5-10-6-9)7-13(3,11)12;/h8H,4-7H2,1-3H3;/q-1;. The second-order valence-corrected chi connectivity index (χ2v) is 6.58. The summed E-state index contributed by atoms with van der Waals surface area (Å²) < 4.78 is 22.5. The third-order valence-corrected chi connectivity index (χ3v) is 4.07. The topological polar surface area (TPSA) is 48.2 Å². The first kappa shape index (κ1) is 15.0. The third kappa shape index (κ3) is 3.85. The van der Waals surface area contributed by atoms with Gasteiger partial charge in [-0.25, -0.2) is 8.42 Å². The van der Waals surface area contributed by atoms with Gasteiger partial charge in [-0.3, -0.25) is 0 Å². The van der Waals surface area contributed by atoms with Gasteiger partial charge in [0, 0.05) is 37.4 Å². The van der Waals surface area contributed by atoms with Gasteiger partial charge in [-0.15, -0.1) is 13.1 Å². The van der Waals surface area contributed by atoms with E-state index in [1.54, 1.807) is 0 Å². The maximum atomic E-state index is 11.3. The average molecular weight is 442 g/mol. The van der Waals surface area contributed by atoms with E-state index in [-0.39, 0.29) is 36.5 Å². The van der Waals surface area contributed by atoms with E-state index in [2.05, 4.69) is 19.2 Å². The zero-order valence-corrected chi connectivity index (χ0v) is 14.1. The molecule has 5 heteroatoms. The quantitative estimate of drug-likeness (QED) is 0.665. The van der Waals surface area contributed by atoms with E-state index in [0.717, 1.165) is 19.5 Å². The summed E-state index contributed by atoms with van der Waals surface area (Å²) >= 11 is 0. The molecule has 1 heterocycles. The van der Waals surface area contributed by atoms with Gasteiger partial charge in [0.15, 0.2) is 0 Å². The Hall–Kier alpha value is 0.962. The van der Waals surface area contributed by atoms with Crippen molar-refractivity contribution in [2.45, 2.75) is 20.3 Å². The summed E-state index contributed by atoms with van der Waals surface area (Å²) in [6, 6.07) is 0. The predicted octanol–water partition coefficient (Wildman–Crippen LogP) is 1.45. The fourth-order valence-electron chi connectivity index (χ4n) is 1.96. The Bertz CT molecular complexity index is 269. The van der Waals surface area contributed by atoms with Crippen LogP contribution < -0.4 is 0 Å². The number of nitrogens with zero attached hydrogens (tertiary/aromatic N) is 1. The molecule has 0 radical (unpaired) electrons. The van der Waals surface area contributed by atoms with Crippen LogP contribution in [0.4, 0.5) is 0 Å². The molecule has 1 fully saturated rings. The Morgan fingerprint density at radius 1 is 1.43 bits per heavy atom. The Morgan fingerprint density at radius 3 is 2.29 bits per heavy atom. The molecule has 1 unspecified atom stereocenters. The van der Waals surface area contributed by atoms with Gasteiger partial charge in [0.25, 0.3) is 0 Å². The first-order valence-corrected chi connectivity index (χ1v) is 6.73. The van der Waals surface area contributed by atoms with Crippen LogP contribution in [0.5, 0.6) is 0 Å². The van der Waals surface area contributed by atoms with E-state index in [9.17, 15) is 8.42 Å². The third-order valence-electron chi connectivity index (χ3n) is 2.97. The molecule has 0 aromatic rings. The Morgan fingerprint density at radius 2 is 2.00 bits per heavy atom. The number of hydrogen-bond donors (Lipinski definition) is 0. The van der Waals surface area contributed by atoms with Crippen LogP contribution in [0.2, 0.25) is 0 Å². The molecule has 1 saturated heterocycles. The van der Waals surface area contributed by atoms with Crippen molar-refractivity contribution in [3.63, 3.8) is 0 Å². The van der Waals surface area contributed by atoms with E-state index in [1.165, 1.54) is 6.26 Å². The van der Waals surface area contributed by atoms with Crippen molar-refractivity contribution in [2.24, 2.45) is 11.3 Å². The van der Waals surface area contributed by atoms with Crippen LogP contribution in [0.25, 0.3) is 5.32 Å². The van der Waals surface area contributed by atoms with Crippen molar-refractivity contribution in [2.75, 3.05) is 25.1 Å². The van der Waals surface area contributed by atoms with Crippen molar-refractivity contribution in [3.8, 4) is 0 Å². The molecule has 1 rings (SSSR count). The van der Waals surface area contributed by atoms with E-state index >= 15 is 0 Å². The molecule has 1 atom stereocenters. The summed E-state index contributed by atoms with van der Waals surface area (Å²) in [4.78, 5) is 0. The Kier molecular flexibility index (Phi) is 5.71. The fourth-order valence-corrected chi connectivity index (χ4v) is 3.57. The molecule has 0 N–H and O–H groups in total. The van der Waals surface area contributed by atoms with Crippen molar-refractivity contribution in [1.82, 2.24) is 0 Å². The zero-order chi connectivity index (χ0) is 10.1. The number of sulfone groups is 1. The van der Waals surface area contributed by atoms with Crippen molar-refractivity contribution >= 4 is 9.84 Å². The Balaban J connectivity index is 0.00000169. The minimum absolute atomic E-state index is 0. The first-order chi connectivity index (χ1) is 5.86. The molecule has 0 aromatic carbocycles. The minimum Gasteiger partial charge on any atom is -0.662 e. The average Bonchev–Trinajstić information content (AvgIpc) is 2.33. The summed E-state index contributed by atoms with van der Waals surface area (Å²) in [6.07, 6.45) is 2.24. The molecular formula is C9H18NO2SU-. The molecule has 14 heavy (non-hydrogen) atoms. The minimum atomic E-state index is -2.87. The van der Waals surface area contributed by atoms with Crippen LogP contribution in [0, 0.1) is 42.4 Å². The molecule has 1 aliphatic heterocycles. The van der Waals surface area contributed by atoms with Crippen LogP contribution in [0.15, 0.2) is 0 Å². The first-order valence-electron chi connectivity index (χ1n) is 4.67. The van der Waals surface area contributed by atoms with Crippen LogP contribution in [0.3, 0.4) is 0 Å². The Labute approximate surface area is 111 Å². The SMILES string of the molecule is CC(C)C1(CS(C)(=O)=O)CC[N-]C1.[U]. The summed E-state index contributed by atoms with van der Waals surface area (Å²) in [5.74, 6) is 0.690. The van der Waals surface area contributed by atoms with Crippen LogP contribution in [-0.4, -0.2) is 33.5 Å². The zero-order valence-electron chi connectivity index (χ0n) is 9.08. The maximum Gasteiger partial charge on any atom is 0.147 e. The van der Waals surface area contributed by atoms with Gasteiger partial charge >= 0.3 is 0 Å². The normalized spacial score (nSPS) is 27.7. The van der Waals surface area contributed by atoms with Crippen molar-refractivity contribution < 1.29 is 39.5 Å². The molecule has 0 amide bonds. The summed E-state index contributed by atoms with van der Waals surface area (Å²) in [7, 11) is -2.87. The van der Waals surface area contributed by atoms with Gasteiger partial charge in [-0.2, -0.15) is 0 Å². The van der Waals surface area contributed by atoms with Gasteiger partial charge in [0.1, 0.15) is 9.84 Å². The number of rotatable bonds is 3. The van der Waals surface area contributed by atoms with Gasteiger partial charge in [-0.05, 0) is 11.3 Å². The second-order valence-electron chi connectivity index (χ2n) is 4.44. The van der Waals surface area contributed by atoms with Crippen molar-refractivity contribution in [3.05, 3.63) is 5.32 Å². The molecular weight excluding hydrogens is 424 g/mol. The summed E-state index contributed by atoms with van der Waals surface area (Å²) in [5, 5.41) is 4.28. The fraction of sp³-hybridized carbons (Fsp3) is 1.00. The van der Waals surface area contributed by atoms with E-state index in [1.807, 2.05) is 0 Å². The van der Waals surface area contributed by atoms with Crippen LogP contribution in [-0.2, 0) is 9.84 Å². The molecule has 0 bridgehead atoms. The smallest absolute Gasteiger partial charge is 0.147 e. The van der Waals surface area contributed by atoms with Crippen LogP contribution in [0.1, 0.15) is 20.3 Å². The van der Waals surface area contributed by atoms with E-state index < -0.39 is 9.84 Å². The molecule has 0 spiro atoms. The predicted molar refractivity (Wildman–Crippen MR) is 54.7 cm³/mol. The van der Waals surface area contributed by atoms with E-state index in [0.29, 0.717) is 11.7 Å². The summed E-state index contributed by atoms with van der Waals surface area (Å²) in [5.41, 5.74) is -0.0758. The van der Waals surface area contributed by atoms with Gasteiger partial charge in [-0.1, -0.05) is 20.3 Å². The maximum absolute atomic E-state index is 11.3. The van der Waals surface area contributed by atoms with E-state index in [4.69, 9.17) is 0 Å². The molecule has 0 saturated carbocycles. The monoisotopic (exact) mass is 442 g/mol. The van der Waals surface area contributed by atoms with Gasteiger partial charge in [0.2, 0.25) is 0 Å². The largest absolute Gasteiger partial charge is 0.662 e. The summed E-state index contributed by atoms with van der Waals surface area (Å²) in [6.45, 7) is 5.73. The number of hydrogen-bond acceptors (Lipinski definition) is 2. The molecule has 3 nitrogen and oxygen atoms in total. The second kappa shape index (κ2) is 5.34. The molecule has 0 aromatic heterocycles. The van der Waals surface area contributed by atoms with Gasteiger partial charge < -0.3 is 5.32 Å². The van der Waals surface area contributed by atoms with Crippen molar-refractivity contribution in [1.29, 1.82) is 0 Å². The van der Waals surface area contributed by atoms with Gasteiger partial charge in [0.05, 0.1) is 5.75 Å².